The Kier molecular flexibility index (Phi) is 5.03. The fraction of sp³-hybridized carbons (Fsp3) is 0.167. The third-order valence-corrected chi connectivity index (χ3v) is 3.43. The van der Waals surface area contributed by atoms with E-state index in [-0.39, 0.29) is 18.3 Å². The molecule has 0 fully saturated rings. The van der Waals surface area contributed by atoms with E-state index < -0.39 is 5.82 Å². The van der Waals surface area contributed by atoms with E-state index in [1.54, 1.807) is 42.6 Å². The summed E-state index contributed by atoms with van der Waals surface area (Å²) in [6.07, 6.45) is 1.56. The van der Waals surface area contributed by atoms with Crippen molar-refractivity contribution in [3.8, 4) is 17.2 Å². The topological polar surface area (TPSA) is 77.2 Å². The van der Waals surface area contributed by atoms with Gasteiger partial charge in [0.15, 0.2) is 5.76 Å². The van der Waals surface area contributed by atoms with Gasteiger partial charge < -0.3 is 14.6 Å². The molecule has 1 N–H and O–H groups in total. The van der Waals surface area contributed by atoms with Crippen LogP contribution in [0.5, 0.6) is 5.88 Å². The lowest BCUT2D eigenvalue weighted by atomic mass is 10.1. The van der Waals surface area contributed by atoms with Gasteiger partial charge in [0.05, 0.1) is 18.7 Å². The van der Waals surface area contributed by atoms with Crippen molar-refractivity contribution < 1.29 is 18.4 Å². The number of amides is 1. The number of pyridine rings is 1. The maximum atomic E-state index is 13.8. The quantitative estimate of drug-likeness (QED) is 0.745. The normalized spacial score (nSPS) is 10.5. The first-order valence-electron chi connectivity index (χ1n) is 7.75. The molecule has 1 aromatic carbocycles. The minimum atomic E-state index is -0.397. The molecule has 0 spiro atoms. The number of carbonyl (C=O) groups excluding carboxylic acids is 1. The second kappa shape index (κ2) is 7.57. The standard InChI is InChI=1S/C18H16FN3O3/c1-2-24-18-14(7-5-9-20-18)17(23)21-11-12-10-16(25-22-12)13-6-3-4-8-15(13)19/h3-10H,2,11H2,1H3,(H,21,23). The predicted octanol–water partition coefficient (Wildman–Crippen LogP) is 3.20. The van der Waals surface area contributed by atoms with Gasteiger partial charge in [-0.25, -0.2) is 9.37 Å². The Hall–Kier alpha value is -3.22. The lowest BCUT2D eigenvalue weighted by molar-refractivity contribution is 0.0945. The lowest BCUT2D eigenvalue weighted by Crippen LogP contribution is -2.24. The van der Waals surface area contributed by atoms with E-state index in [0.29, 0.717) is 29.2 Å². The molecule has 3 rings (SSSR count). The minimum absolute atomic E-state index is 0.136. The van der Waals surface area contributed by atoms with E-state index in [1.165, 1.54) is 6.07 Å². The first-order chi connectivity index (χ1) is 12.2. The molecule has 0 aliphatic carbocycles. The highest BCUT2D eigenvalue weighted by Gasteiger charge is 2.15. The molecule has 0 radical (unpaired) electrons. The number of nitrogens with one attached hydrogen (secondary N) is 1. The summed E-state index contributed by atoms with van der Waals surface area (Å²) >= 11 is 0. The van der Waals surface area contributed by atoms with Crippen LogP contribution in [-0.2, 0) is 6.54 Å². The molecule has 0 bridgehead atoms. The summed E-state index contributed by atoms with van der Waals surface area (Å²) in [7, 11) is 0. The molecule has 0 unspecified atom stereocenters. The summed E-state index contributed by atoms with van der Waals surface area (Å²) in [4.78, 5) is 16.3. The van der Waals surface area contributed by atoms with Gasteiger partial charge in [0, 0.05) is 12.3 Å². The summed E-state index contributed by atoms with van der Waals surface area (Å²) in [6, 6.07) is 11.1. The monoisotopic (exact) mass is 341 g/mol. The number of halogens is 1. The van der Waals surface area contributed by atoms with Crippen LogP contribution in [0.4, 0.5) is 4.39 Å². The van der Waals surface area contributed by atoms with Crippen LogP contribution in [-0.4, -0.2) is 22.7 Å². The van der Waals surface area contributed by atoms with Crippen LogP contribution in [0.25, 0.3) is 11.3 Å². The van der Waals surface area contributed by atoms with Crippen LogP contribution in [0.2, 0.25) is 0 Å². The Morgan fingerprint density at radius 1 is 1.28 bits per heavy atom. The smallest absolute Gasteiger partial charge is 0.257 e. The van der Waals surface area contributed by atoms with Crippen molar-refractivity contribution in [2.45, 2.75) is 13.5 Å². The van der Waals surface area contributed by atoms with Gasteiger partial charge in [0.25, 0.3) is 5.91 Å². The van der Waals surface area contributed by atoms with Crippen molar-refractivity contribution in [3.05, 3.63) is 65.7 Å². The second-order valence-electron chi connectivity index (χ2n) is 5.13. The van der Waals surface area contributed by atoms with Crippen LogP contribution < -0.4 is 10.1 Å². The molecule has 1 amide bonds. The van der Waals surface area contributed by atoms with Crippen molar-refractivity contribution in [2.75, 3.05) is 6.61 Å². The minimum Gasteiger partial charge on any atom is -0.477 e. The summed E-state index contributed by atoms with van der Waals surface area (Å²) < 4.78 is 24.2. The fourth-order valence-electron chi connectivity index (χ4n) is 2.26. The third kappa shape index (κ3) is 3.82. The molecule has 0 aliphatic rings. The maximum absolute atomic E-state index is 13.8. The van der Waals surface area contributed by atoms with Gasteiger partial charge >= 0.3 is 0 Å². The first kappa shape index (κ1) is 16.6. The summed E-state index contributed by atoms with van der Waals surface area (Å²) in [5, 5.41) is 6.57. The fourth-order valence-corrected chi connectivity index (χ4v) is 2.26. The molecule has 7 heteroatoms. The average molecular weight is 341 g/mol. The molecule has 2 heterocycles. The molecule has 0 saturated heterocycles. The highest BCUT2D eigenvalue weighted by atomic mass is 19.1. The van der Waals surface area contributed by atoms with Crippen molar-refractivity contribution in [3.63, 3.8) is 0 Å². The first-order valence-corrected chi connectivity index (χ1v) is 7.75. The van der Waals surface area contributed by atoms with Gasteiger partial charge in [-0.1, -0.05) is 17.3 Å². The highest BCUT2D eigenvalue weighted by molar-refractivity contribution is 5.96. The van der Waals surface area contributed by atoms with Crippen molar-refractivity contribution in [2.24, 2.45) is 0 Å². The Morgan fingerprint density at radius 2 is 2.12 bits per heavy atom. The number of carbonyl (C=O) groups is 1. The molecule has 0 atom stereocenters. The number of hydrogen-bond acceptors (Lipinski definition) is 5. The average Bonchev–Trinajstić information content (AvgIpc) is 3.09. The third-order valence-electron chi connectivity index (χ3n) is 3.43. The van der Waals surface area contributed by atoms with E-state index in [9.17, 15) is 9.18 Å². The van der Waals surface area contributed by atoms with E-state index >= 15 is 0 Å². The Morgan fingerprint density at radius 3 is 2.92 bits per heavy atom. The number of aromatic nitrogens is 2. The van der Waals surface area contributed by atoms with Crippen LogP contribution >= 0.6 is 0 Å². The zero-order valence-corrected chi connectivity index (χ0v) is 13.5. The van der Waals surface area contributed by atoms with Crippen LogP contribution in [0.3, 0.4) is 0 Å². The highest BCUT2D eigenvalue weighted by Crippen LogP contribution is 2.23. The maximum Gasteiger partial charge on any atom is 0.257 e. The molecule has 3 aromatic rings. The molecule has 25 heavy (non-hydrogen) atoms. The zero-order chi connectivity index (χ0) is 17.6. The lowest BCUT2D eigenvalue weighted by Gasteiger charge is -2.08. The summed E-state index contributed by atoms with van der Waals surface area (Å²) in [5.41, 5.74) is 1.13. The molecule has 2 aromatic heterocycles. The van der Waals surface area contributed by atoms with E-state index in [1.807, 2.05) is 6.92 Å². The Bertz CT molecular complexity index is 879. The molecule has 128 valence electrons. The SMILES string of the molecule is CCOc1ncccc1C(=O)NCc1cc(-c2ccccc2F)on1. The van der Waals surface area contributed by atoms with Gasteiger partial charge in [-0.15, -0.1) is 0 Å². The number of rotatable bonds is 6. The number of nitrogens with zero attached hydrogens (tertiary/aromatic N) is 2. The molecule has 0 aliphatic heterocycles. The van der Waals surface area contributed by atoms with Crippen LogP contribution in [0.1, 0.15) is 23.0 Å². The summed E-state index contributed by atoms with van der Waals surface area (Å²) in [5.74, 6) is -0.161. The van der Waals surface area contributed by atoms with Crippen LogP contribution in [0, 0.1) is 5.82 Å². The number of ether oxygens (including phenoxy) is 1. The van der Waals surface area contributed by atoms with Gasteiger partial charge in [-0.05, 0) is 31.2 Å². The Balaban J connectivity index is 1.69. The van der Waals surface area contributed by atoms with E-state index in [0.717, 1.165) is 0 Å². The van der Waals surface area contributed by atoms with Gasteiger partial charge in [0.2, 0.25) is 5.88 Å². The number of benzene rings is 1. The zero-order valence-electron chi connectivity index (χ0n) is 13.5. The van der Waals surface area contributed by atoms with E-state index in [4.69, 9.17) is 9.26 Å². The number of hydrogen-bond donors (Lipinski definition) is 1. The van der Waals surface area contributed by atoms with Gasteiger partial charge in [0.1, 0.15) is 17.1 Å². The van der Waals surface area contributed by atoms with Gasteiger partial charge in [-0.3, -0.25) is 4.79 Å². The predicted molar refractivity (Wildman–Crippen MR) is 88.5 cm³/mol. The van der Waals surface area contributed by atoms with Crippen molar-refractivity contribution in [1.82, 2.24) is 15.5 Å². The van der Waals surface area contributed by atoms with Gasteiger partial charge in [-0.2, -0.15) is 0 Å². The molecular formula is C18H16FN3O3. The molecular weight excluding hydrogens is 325 g/mol. The molecule has 0 saturated carbocycles. The largest absolute Gasteiger partial charge is 0.477 e. The van der Waals surface area contributed by atoms with E-state index in [2.05, 4.69) is 15.5 Å². The van der Waals surface area contributed by atoms with Crippen molar-refractivity contribution in [1.29, 1.82) is 0 Å². The molecule has 6 nitrogen and oxygen atoms in total. The summed E-state index contributed by atoms with van der Waals surface area (Å²) in [6.45, 7) is 2.36. The Labute approximate surface area is 143 Å². The van der Waals surface area contributed by atoms with Crippen molar-refractivity contribution >= 4 is 5.91 Å². The van der Waals surface area contributed by atoms with Crippen LogP contribution in [0.15, 0.2) is 53.2 Å². The second-order valence-corrected chi connectivity index (χ2v) is 5.13.